The molecule has 0 saturated carbocycles. The zero-order chi connectivity index (χ0) is 17.7. The van der Waals surface area contributed by atoms with Crippen molar-refractivity contribution >= 4 is 17.6 Å². The van der Waals surface area contributed by atoms with Gasteiger partial charge in [0.15, 0.2) is 6.10 Å². The lowest BCUT2D eigenvalue weighted by Gasteiger charge is -2.15. The van der Waals surface area contributed by atoms with E-state index in [4.69, 9.17) is 10.00 Å². The molecule has 0 heterocycles. The van der Waals surface area contributed by atoms with Gasteiger partial charge in [0, 0.05) is 5.69 Å². The molecule has 5 nitrogen and oxygen atoms in total. The number of amides is 1. The predicted molar refractivity (Wildman–Crippen MR) is 90.6 cm³/mol. The van der Waals surface area contributed by atoms with Gasteiger partial charge in [-0.2, -0.15) is 5.26 Å². The first kappa shape index (κ1) is 17.2. The van der Waals surface area contributed by atoms with Crippen molar-refractivity contribution in [2.24, 2.45) is 0 Å². The first-order valence-electron chi connectivity index (χ1n) is 7.50. The minimum absolute atomic E-state index is 0.237. The number of nitrogens with zero attached hydrogens (tertiary/aromatic N) is 1. The molecule has 1 atom stereocenters. The van der Waals surface area contributed by atoms with Crippen molar-refractivity contribution in [1.29, 1.82) is 5.26 Å². The van der Waals surface area contributed by atoms with Gasteiger partial charge in [-0.05, 0) is 56.2 Å². The first-order chi connectivity index (χ1) is 11.4. The van der Waals surface area contributed by atoms with Crippen molar-refractivity contribution < 1.29 is 14.3 Å². The summed E-state index contributed by atoms with van der Waals surface area (Å²) in [6.45, 7) is 5.33. The van der Waals surface area contributed by atoms with E-state index < -0.39 is 18.0 Å². The SMILES string of the molecule is Cc1ccc(C)c(NC(=O)[C@H](C)OC(=O)c2cccc(C#N)c2)c1. The fourth-order valence-corrected chi connectivity index (χ4v) is 2.10. The minimum Gasteiger partial charge on any atom is -0.449 e. The Morgan fingerprint density at radius 1 is 1.17 bits per heavy atom. The number of nitriles is 1. The van der Waals surface area contributed by atoms with Gasteiger partial charge in [-0.15, -0.1) is 0 Å². The Hall–Kier alpha value is -3.13. The van der Waals surface area contributed by atoms with Crippen molar-refractivity contribution in [1.82, 2.24) is 0 Å². The van der Waals surface area contributed by atoms with Crippen molar-refractivity contribution in [2.75, 3.05) is 5.32 Å². The molecule has 0 radical (unpaired) electrons. The van der Waals surface area contributed by atoms with Crippen LogP contribution < -0.4 is 5.32 Å². The molecule has 0 aliphatic carbocycles. The molecule has 0 aliphatic heterocycles. The molecule has 122 valence electrons. The maximum Gasteiger partial charge on any atom is 0.338 e. The van der Waals surface area contributed by atoms with Gasteiger partial charge in [-0.3, -0.25) is 4.79 Å². The molecular weight excluding hydrogens is 304 g/mol. The summed E-state index contributed by atoms with van der Waals surface area (Å²) in [7, 11) is 0. The summed E-state index contributed by atoms with van der Waals surface area (Å²) >= 11 is 0. The third kappa shape index (κ3) is 4.20. The van der Waals surface area contributed by atoms with E-state index in [1.165, 1.54) is 13.0 Å². The largest absolute Gasteiger partial charge is 0.449 e. The number of nitrogens with one attached hydrogen (secondary N) is 1. The van der Waals surface area contributed by atoms with E-state index in [9.17, 15) is 9.59 Å². The number of ether oxygens (including phenoxy) is 1. The Morgan fingerprint density at radius 2 is 1.92 bits per heavy atom. The molecule has 24 heavy (non-hydrogen) atoms. The van der Waals surface area contributed by atoms with Crippen molar-refractivity contribution in [3.63, 3.8) is 0 Å². The number of benzene rings is 2. The summed E-state index contributed by atoms with van der Waals surface area (Å²) < 4.78 is 5.18. The van der Waals surface area contributed by atoms with Gasteiger partial charge in [0.2, 0.25) is 0 Å². The molecule has 0 unspecified atom stereocenters. The maximum atomic E-state index is 12.2. The Morgan fingerprint density at radius 3 is 2.62 bits per heavy atom. The van der Waals surface area contributed by atoms with Crippen molar-refractivity contribution in [3.05, 3.63) is 64.7 Å². The number of rotatable bonds is 4. The van der Waals surface area contributed by atoms with Gasteiger partial charge in [0.25, 0.3) is 5.91 Å². The molecule has 1 amide bonds. The topological polar surface area (TPSA) is 79.2 Å². The molecule has 1 N–H and O–H groups in total. The van der Waals surface area contributed by atoms with E-state index in [-0.39, 0.29) is 5.56 Å². The van der Waals surface area contributed by atoms with Gasteiger partial charge >= 0.3 is 5.97 Å². The van der Waals surface area contributed by atoms with Crippen LogP contribution in [0.25, 0.3) is 0 Å². The number of carbonyl (C=O) groups is 2. The van der Waals surface area contributed by atoms with Gasteiger partial charge in [-0.25, -0.2) is 4.79 Å². The van der Waals surface area contributed by atoms with Crippen LogP contribution in [0.2, 0.25) is 0 Å². The second-order valence-corrected chi connectivity index (χ2v) is 5.55. The lowest BCUT2D eigenvalue weighted by molar-refractivity contribution is -0.123. The highest BCUT2D eigenvalue weighted by Gasteiger charge is 2.19. The molecule has 2 aromatic carbocycles. The van der Waals surface area contributed by atoms with Gasteiger partial charge in [-0.1, -0.05) is 18.2 Å². The Labute approximate surface area is 140 Å². The highest BCUT2D eigenvalue weighted by Crippen LogP contribution is 2.17. The van der Waals surface area contributed by atoms with E-state index >= 15 is 0 Å². The Balaban J connectivity index is 2.04. The molecule has 0 saturated heterocycles. The smallest absolute Gasteiger partial charge is 0.338 e. The van der Waals surface area contributed by atoms with Crippen molar-refractivity contribution in [3.8, 4) is 6.07 Å². The lowest BCUT2D eigenvalue weighted by Crippen LogP contribution is -2.30. The summed E-state index contributed by atoms with van der Waals surface area (Å²) in [5.41, 5.74) is 3.23. The highest BCUT2D eigenvalue weighted by atomic mass is 16.5. The molecular formula is C19H18N2O3. The van der Waals surface area contributed by atoms with Gasteiger partial charge < -0.3 is 10.1 Å². The van der Waals surface area contributed by atoms with Crippen LogP contribution in [-0.4, -0.2) is 18.0 Å². The monoisotopic (exact) mass is 322 g/mol. The molecule has 2 rings (SSSR count). The number of anilines is 1. The first-order valence-corrected chi connectivity index (χ1v) is 7.50. The van der Waals surface area contributed by atoms with Crippen LogP contribution in [0, 0.1) is 25.2 Å². The highest BCUT2D eigenvalue weighted by molar-refractivity contribution is 5.97. The van der Waals surface area contributed by atoms with Crippen LogP contribution in [0.1, 0.15) is 34.0 Å². The summed E-state index contributed by atoms with van der Waals surface area (Å²) in [4.78, 5) is 24.3. The second kappa shape index (κ2) is 7.42. The van der Waals surface area contributed by atoms with Crippen LogP contribution in [0.4, 0.5) is 5.69 Å². The maximum absolute atomic E-state index is 12.2. The molecule has 5 heteroatoms. The fourth-order valence-electron chi connectivity index (χ4n) is 2.10. The van der Waals surface area contributed by atoms with Crippen LogP contribution in [0.3, 0.4) is 0 Å². The third-order valence-electron chi connectivity index (χ3n) is 3.53. The summed E-state index contributed by atoms with van der Waals surface area (Å²) in [5, 5.41) is 11.6. The number of hydrogen-bond acceptors (Lipinski definition) is 4. The quantitative estimate of drug-likeness (QED) is 0.875. The van der Waals surface area contributed by atoms with Crippen LogP contribution in [0.5, 0.6) is 0 Å². The van der Waals surface area contributed by atoms with E-state index in [1.54, 1.807) is 18.2 Å². The fraction of sp³-hybridized carbons (Fsp3) is 0.211. The van der Waals surface area contributed by atoms with E-state index in [2.05, 4.69) is 5.32 Å². The molecule has 2 aromatic rings. The Kier molecular flexibility index (Phi) is 5.33. The molecule has 0 fully saturated rings. The van der Waals surface area contributed by atoms with Crippen LogP contribution in [-0.2, 0) is 9.53 Å². The van der Waals surface area contributed by atoms with E-state index in [0.29, 0.717) is 11.3 Å². The van der Waals surface area contributed by atoms with Crippen molar-refractivity contribution in [2.45, 2.75) is 26.9 Å². The summed E-state index contributed by atoms with van der Waals surface area (Å²) in [5.74, 6) is -1.05. The number of aryl methyl sites for hydroxylation is 2. The van der Waals surface area contributed by atoms with Gasteiger partial charge in [0.1, 0.15) is 0 Å². The average molecular weight is 322 g/mol. The standard InChI is InChI=1S/C19H18N2O3/c1-12-7-8-13(2)17(9-12)21-18(22)14(3)24-19(23)16-6-4-5-15(10-16)11-20/h4-10,14H,1-3H3,(H,21,22)/t14-/m0/s1. The summed E-state index contributed by atoms with van der Waals surface area (Å²) in [6, 6.07) is 13.8. The molecule has 0 aromatic heterocycles. The number of hydrogen-bond donors (Lipinski definition) is 1. The lowest BCUT2D eigenvalue weighted by atomic mass is 10.1. The summed E-state index contributed by atoms with van der Waals surface area (Å²) in [6.07, 6.45) is -0.955. The van der Waals surface area contributed by atoms with E-state index in [0.717, 1.165) is 11.1 Å². The van der Waals surface area contributed by atoms with Gasteiger partial charge in [0.05, 0.1) is 17.2 Å². The zero-order valence-corrected chi connectivity index (χ0v) is 13.8. The average Bonchev–Trinajstić information content (AvgIpc) is 2.58. The molecule has 0 bridgehead atoms. The minimum atomic E-state index is -0.955. The van der Waals surface area contributed by atoms with Crippen LogP contribution >= 0.6 is 0 Å². The zero-order valence-electron chi connectivity index (χ0n) is 13.8. The van der Waals surface area contributed by atoms with E-state index in [1.807, 2.05) is 38.1 Å². The molecule has 0 aliphatic rings. The second-order valence-electron chi connectivity index (χ2n) is 5.55. The normalized spacial score (nSPS) is 11.2. The van der Waals surface area contributed by atoms with Crippen LogP contribution in [0.15, 0.2) is 42.5 Å². The number of carbonyl (C=O) groups excluding carboxylic acids is 2. The Bertz CT molecular complexity index is 822. The predicted octanol–water partition coefficient (Wildman–Crippen LogP) is 3.36. The molecule has 0 spiro atoms. The number of esters is 1. The third-order valence-corrected chi connectivity index (χ3v) is 3.53.